The highest BCUT2D eigenvalue weighted by Gasteiger charge is 2.33. The molecule has 3 aromatic heterocycles. The molecule has 0 spiro atoms. The zero-order valence-corrected chi connectivity index (χ0v) is 16.1. The lowest BCUT2D eigenvalue weighted by Gasteiger charge is -2.31. The minimum atomic E-state index is -3.68. The molecule has 1 atom stereocenters. The first-order chi connectivity index (χ1) is 12.9. The minimum Gasteiger partial charge on any atom is -0.302 e. The number of thiazole rings is 1. The standard InChI is InChI=1S/C15H17N7O3S2/c1-10(23)20-15-17-7-13(26-15)27(24,25)21-6-2-3-11(8-21)12-4-5-16-14-18-9-19-22(12)14/h4-5,7,9,11H,2-3,6,8H2,1H3,(H,17,20,23)/t11-/m1/s1. The van der Waals surface area contributed by atoms with Crippen LogP contribution in [0.2, 0.25) is 0 Å². The van der Waals surface area contributed by atoms with Gasteiger partial charge in [-0.05, 0) is 18.9 Å². The number of anilines is 1. The van der Waals surface area contributed by atoms with Crippen LogP contribution in [0.25, 0.3) is 5.78 Å². The van der Waals surface area contributed by atoms with Crippen LogP contribution in [-0.4, -0.2) is 56.3 Å². The fraction of sp³-hybridized carbons (Fsp3) is 0.400. The van der Waals surface area contributed by atoms with Crippen LogP contribution in [0.1, 0.15) is 31.4 Å². The van der Waals surface area contributed by atoms with Crippen molar-refractivity contribution in [1.29, 1.82) is 0 Å². The molecule has 0 saturated carbocycles. The molecule has 1 saturated heterocycles. The van der Waals surface area contributed by atoms with Gasteiger partial charge < -0.3 is 5.32 Å². The van der Waals surface area contributed by atoms with E-state index in [0.29, 0.717) is 18.9 Å². The summed E-state index contributed by atoms with van der Waals surface area (Å²) in [5.74, 6) is 0.194. The summed E-state index contributed by atoms with van der Waals surface area (Å²) in [6.07, 6.45) is 5.97. The van der Waals surface area contributed by atoms with E-state index in [-0.39, 0.29) is 21.2 Å². The molecule has 27 heavy (non-hydrogen) atoms. The molecule has 0 aromatic carbocycles. The second kappa shape index (κ2) is 6.94. The maximum absolute atomic E-state index is 13.0. The first-order valence-electron chi connectivity index (χ1n) is 8.33. The number of amides is 1. The second-order valence-corrected chi connectivity index (χ2v) is 9.40. The third-order valence-corrected chi connectivity index (χ3v) is 7.59. The summed E-state index contributed by atoms with van der Waals surface area (Å²) in [6.45, 7) is 2.14. The summed E-state index contributed by atoms with van der Waals surface area (Å²) in [7, 11) is -3.68. The monoisotopic (exact) mass is 407 g/mol. The van der Waals surface area contributed by atoms with Crippen LogP contribution in [0.15, 0.2) is 29.0 Å². The van der Waals surface area contributed by atoms with Gasteiger partial charge in [0.25, 0.3) is 15.8 Å². The molecule has 0 radical (unpaired) electrons. The summed E-state index contributed by atoms with van der Waals surface area (Å²) in [5, 5.41) is 6.98. The molecule has 1 N–H and O–H groups in total. The van der Waals surface area contributed by atoms with E-state index < -0.39 is 10.0 Å². The Morgan fingerprint density at radius 1 is 1.33 bits per heavy atom. The van der Waals surface area contributed by atoms with Gasteiger partial charge in [0, 0.05) is 32.1 Å². The predicted octanol–water partition coefficient (Wildman–Crippen LogP) is 1.11. The van der Waals surface area contributed by atoms with E-state index in [1.165, 1.54) is 23.8 Å². The number of fused-ring (bicyclic) bond motifs is 1. The Bertz CT molecular complexity index is 1090. The number of nitrogens with zero attached hydrogens (tertiary/aromatic N) is 6. The van der Waals surface area contributed by atoms with Crippen molar-refractivity contribution >= 4 is 38.2 Å². The summed E-state index contributed by atoms with van der Waals surface area (Å²) in [6, 6.07) is 1.85. The van der Waals surface area contributed by atoms with Crippen molar-refractivity contribution in [2.45, 2.75) is 29.9 Å². The minimum absolute atomic E-state index is 0.0107. The first-order valence-corrected chi connectivity index (χ1v) is 10.6. The molecular weight excluding hydrogens is 390 g/mol. The number of carbonyl (C=O) groups is 1. The maximum Gasteiger partial charge on any atom is 0.254 e. The molecule has 3 aromatic rings. The zero-order chi connectivity index (χ0) is 19.0. The first kappa shape index (κ1) is 17.9. The van der Waals surface area contributed by atoms with Crippen LogP contribution in [-0.2, 0) is 14.8 Å². The lowest BCUT2D eigenvalue weighted by atomic mass is 9.96. The van der Waals surface area contributed by atoms with Gasteiger partial charge in [-0.2, -0.15) is 14.4 Å². The van der Waals surface area contributed by atoms with E-state index in [2.05, 4.69) is 25.4 Å². The molecule has 4 rings (SSSR count). The Morgan fingerprint density at radius 2 is 2.19 bits per heavy atom. The predicted molar refractivity (Wildman–Crippen MR) is 97.9 cm³/mol. The van der Waals surface area contributed by atoms with Gasteiger partial charge >= 0.3 is 0 Å². The number of hydrogen-bond acceptors (Lipinski definition) is 8. The zero-order valence-electron chi connectivity index (χ0n) is 14.4. The largest absolute Gasteiger partial charge is 0.302 e. The van der Waals surface area contributed by atoms with Gasteiger partial charge in [-0.1, -0.05) is 11.3 Å². The van der Waals surface area contributed by atoms with Gasteiger partial charge in [0.2, 0.25) is 5.91 Å². The smallest absolute Gasteiger partial charge is 0.254 e. The summed E-state index contributed by atoms with van der Waals surface area (Å²) < 4.78 is 29.3. The molecule has 142 valence electrons. The molecule has 12 heteroatoms. The fourth-order valence-corrected chi connectivity index (χ4v) is 5.94. The van der Waals surface area contributed by atoms with Crippen LogP contribution in [0, 0.1) is 0 Å². The van der Waals surface area contributed by atoms with E-state index in [9.17, 15) is 13.2 Å². The van der Waals surface area contributed by atoms with E-state index >= 15 is 0 Å². The summed E-state index contributed by atoms with van der Waals surface area (Å²) >= 11 is 0.953. The van der Waals surface area contributed by atoms with Gasteiger partial charge in [0.05, 0.1) is 11.9 Å². The molecule has 1 aliphatic heterocycles. The van der Waals surface area contributed by atoms with Gasteiger partial charge in [-0.3, -0.25) is 4.79 Å². The fourth-order valence-electron chi connectivity index (χ4n) is 3.18. The Kier molecular flexibility index (Phi) is 4.61. The summed E-state index contributed by atoms with van der Waals surface area (Å²) in [4.78, 5) is 23.4. The number of rotatable bonds is 4. The van der Waals surface area contributed by atoms with Gasteiger partial charge in [0.15, 0.2) is 9.34 Å². The summed E-state index contributed by atoms with van der Waals surface area (Å²) in [5.41, 5.74) is 0.889. The lowest BCUT2D eigenvalue weighted by Crippen LogP contribution is -2.39. The van der Waals surface area contributed by atoms with Crippen molar-refractivity contribution < 1.29 is 13.2 Å². The van der Waals surface area contributed by atoms with Crippen molar-refractivity contribution in [3.05, 3.63) is 30.5 Å². The van der Waals surface area contributed by atoms with Crippen molar-refractivity contribution in [2.75, 3.05) is 18.4 Å². The number of aromatic nitrogens is 5. The van der Waals surface area contributed by atoms with Crippen LogP contribution in [0.4, 0.5) is 5.13 Å². The number of hydrogen-bond donors (Lipinski definition) is 1. The van der Waals surface area contributed by atoms with Crippen molar-refractivity contribution in [3.8, 4) is 0 Å². The van der Waals surface area contributed by atoms with Crippen molar-refractivity contribution in [1.82, 2.24) is 28.9 Å². The molecule has 1 aliphatic rings. The maximum atomic E-state index is 13.0. The Morgan fingerprint density at radius 3 is 3.00 bits per heavy atom. The molecule has 1 fully saturated rings. The second-order valence-electron chi connectivity index (χ2n) is 6.21. The average molecular weight is 407 g/mol. The third-order valence-electron chi connectivity index (χ3n) is 4.37. The molecule has 10 nitrogen and oxygen atoms in total. The van der Waals surface area contributed by atoms with Gasteiger partial charge in [-0.15, -0.1) is 0 Å². The Balaban J connectivity index is 1.59. The quantitative estimate of drug-likeness (QED) is 0.687. The number of sulfonamides is 1. The SMILES string of the molecule is CC(=O)Nc1ncc(S(=O)(=O)N2CCC[C@@H](c3ccnc4ncnn34)C2)s1. The number of piperidine rings is 1. The molecule has 0 unspecified atom stereocenters. The molecular formula is C15H17N7O3S2. The van der Waals surface area contributed by atoms with Gasteiger partial charge in [0.1, 0.15) is 6.33 Å². The molecule has 0 aliphatic carbocycles. The molecule has 1 amide bonds. The third kappa shape index (κ3) is 3.42. The Hall–Kier alpha value is -2.44. The highest BCUT2D eigenvalue weighted by molar-refractivity contribution is 7.91. The lowest BCUT2D eigenvalue weighted by molar-refractivity contribution is -0.114. The van der Waals surface area contributed by atoms with Crippen LogP contribution in [0.5, 0.6) is 0 Å². The molecule has 4 heterocycles. The van der Waals surface area contributed by atoms with Gasteiger partial charge in [-0.25, -0.2) is 22.9 Å². The van der Waals surface area contributed by atoms with E-state index in [1.54, 1.807) is 10.7 Å². The van der Waals surface area contributed by atoms with Crippen molar-refractivity contribution in [3.63, 3.8) is 0 Å². The number of carbonyl (C=O) groups excluding carboxylic acids is 1. The van der Waals surface area contributed by atoms with E-state index in [0.717, 1.165) is 29.9 Å². The van der Waals surface area contributed by atoms with Crippen molar-refractivity contribution in [2.24, 2.45) is 0 Å². The Labute approximate surface area is 159 Å². The van der Waals surface area contributed by atoms with Crippen LogP contribution in [0.3, 0.4) is 0 Å². The normalized spacial score (nSPS) is 18.6. The van der Waals surface area contributed by atoms with E-state index in [4.69, 9.17) is 0 Å². The van der Waals surface area contributed by atoms with Crippen LogP contribution >= 0.6 is 11.3 Å². The van der Waals surface area contributed by atoms with E-state index in [1.807, 2.05) is 6.07 Å². The topological polar surface area (TPSA) is 122 Å². The molecule has 0 bridgehead atoms. The highest BCUT2D eigenvalue weighted by atomic mass is 32.2. The van der Waals surface area contributed by atoms with Crippen LogP contribution < -0.4 is 5.32 Å². The average Bonchev–Trinajstić information content (AvgIpc) is 3.30. The number of nitrogens with one attached hydrogen (secondary N) is 1. The highest BCUT2D eigenvalue weighted by Crippen LogP contribution is 2.32.